The number of halogens is 2. The molecule has 20 heavy (non-hydrogen) atoms. The number of benzene rings is 1. The number of hydrogen-bond acceptors (Lipinski definition) is 2. The smallest absolute Gasteiger partial charge is 0.129 e. The van der Waals surface area contributed by atoms with E-state index in [0.29, 0.717) is 5.92 Å². The lowest BCUT2D eigenvalue weighted by atomic mass is 9.89. The van der Waals surface area contributed by atoms with Gasteiger partial charge in [-0.3, -0.25) is 4.90 Å². The zero-order valence-corrected chi connectivity index (χ0v) is 13.3. The van der Waals surface area contributed by atoms with Crippen LogP contribution >= 0.6 is 15.9 Å². The van der Waals surface area contributed by atoms with Gasteiger partial charge in [-0.05, 0) is 30.9 Å². The van der Waals surface area contributed by atoms with Crippen LogP contribution in [0.5, 0.6) is 0 Å². The minimum absolute atomic E-state index is 0.0604. The number of rotatable bonds is 3. The second-order valence-corrected chi connectivity index (χ2v) is 6.77. The lowest BCUT2D eigenvalue weighted by molar-refractivity contribution is 0.122. The molecule has 2 nitrogen and oxygen atoms in total. The van der Waals surface area contributed by atoms with E-state index in [1.807, 2.05) is 6.07 Å². The van der Waals surface area contributed by atoms with Gasteiger partial charge >= 0.3 is 0 Å². The van der Waals surface area contributed by atoms with E-state index in [0.717, 1.165) is 36.2 Å². The molecule has 3 rings (SSSR count). The minimum Gasteiger partial charge on any atom is -0.314 e. The van der Waals surface area contributed by atoms with Gasteiger partial charge in [0, 0.05) is 42.3 Å². The third kappa shape index (κ3) is 2.92. The standard InChI is InChI=1S/C16H22BrFN2/c17-13-6-3-7-14(18)15(13)16(12-4-1-2-5-12)20-10-8-19-9-11-20/h3,6-7,12,16,19H,1-2,4-5,8-11H2/t16-/m0/s1. The molecule has 0 aromatic heterocycles. The fourth-order valence-corrected chi connectivity index (χ4v) is 4.32. The van der Waals surface area contributed by atoms with E-state index in [1.165, 1.54) is 25.7 Å². The average molecular weight is 341 g/mol. The molecular weight excluding hydrogens is 319 g/mol. The minimum atomic E-state index is -0.0604. The van der Waals surface area contributed by atoms with Crippen molar-refractivity contribution in [1.82, 2.24) is 10.2 Å². The monoisotopic (exact) mass is 340 g/mol. The van der Waals surface area contributed by atoms with Gasteiger partial charge in [-0.25, -0.2) is 4.39 Å². The van der Waals surface area contributed by atoms with E-state index < -0.39 is 0 Å². The van der Waals surface area contributed by atoms with Crippen LogP contribution in [0.25, 0.3) is 0 Å². The summed E-state index contributed by atoms with van der Waals surface area (Å²) in [6.07, 6.45) is 5.05. The van der Waals surface area contributed by atoms with Gasteiger partial charge in [0.15, 0.2) is 0 Å². The Hall–Kier alpha value is -0.450. The molecule has 1 atom stereocenters. The molecule has 0 unspecified atom stereocenters. The average Bonchev–Trinajstić information content (AvgIpc) is 2.98. The van der Waals surface area contributed by atoms with Gasteiger partial charge in [-0.2, -0.15) is 0 Å². The van der Waals surface area contributed by atoms with E-state index in [-0.39, 0.29) is 11.9 Å². The highest BCUT2D eigenvalue weighted by Gasteiger charge is 2.34. The highest BCUT2D eigenvalue weighted by Crippen LogP contribution is 2.42. The molecular formula is C16H22BrFN2. The topological polar surface area (TPSA) is 15.3 Å². The summed E-state index contributed by atoms with van der Waals surface area (Å²) in [6.45, 7) is 4.05. The third-order valence-electron chi connectivity index (χ3n) is 4.69. The number of hydrogen-bond donors (Lipinski definition) is 1. The zero-order chi connectivity index (χ0) is 13.9. The number of nitrogens with zero attached hydrogens (tertiary/aromatic N) is 1. The Kier molecular flexibility index (Phi) is 4.74. The molecule has 4 heteroatoms. The van der Waals surface area contributed by atoms with Crippen molar-refractivity contribution in [1.29, 1.82) is 0 Å². The Morgan fingerprint density at radius 2 is 1.90 bits per heavy atom. The summed E-state index contributed by atoms with van der Waals surface area (Å²) in [6, 6.07) is 5.59. The second kappa shape index (κ2) is 6.54. The number of piperazine rings is 1. The molecule has 1 aromatic carbocycles. The molecule has 1 aliphatic heterocycles. The SMILES string of the molecule is Fc1cccc(Br)c1[C@H](C1CCCC1)N1CCNCC1. The van der Waals surface area contributed by atoms with Gasteiger partial charge in [-0.15, -0.1) is 0 Å². The third-order valence-corrected chi connectivity index (χ3v) is 5.38. The zero-order valence-electron chi connectivity index (χ0n) is 11.7. The van der Waals surface area contributed by atoms with Crippen molar-refractivity contribution in [3.05, 3.63) is 34.1 Å². The largest absolute Gasteiger partial charge is 0.314 e. The maximum Gasteiger partial charge on any atom is 0.129 e. The maximum absolute atomic E-state index is 14.4. The van der Waals surface area contributed by atoms with E-state index >= 15 is 0 Å². The van der Waals surface area contributed by atoms with Crippen molar-refractivity contribution in [2.75, 3.05) is 26.2 Å². The molecule has 1 heterocycles. The van der Waals surface area contributed by atoms with Crippen molar-refractivity contribution < 1.29 is 4.39 Å². The summed E-state index contributed by atoms with van der Waals surface area (Å²) in [5.41, 5.74) is 0.876. The first-order chi connectivity index (χ1) is 9.77. The lowest BCUT2D eigenvalue weighted by Crippen LogP contribution is -2.47. The van der Waals surface area contributed by atoms with Gasteiger partial charge in [0.05, 0.1) is 0 Å². The summed E-state index contributed by atoms with van der Waals surface area (Å²) in [5.74, 6) is 0.538. The summed E-state index contributed by atoms with van der Waals surface area (Å²) in [7, 11) is 0. The van der Waals surface area contributed by atoms with E-state index in [1.54, 1.807) is 12.1 Å². The maximum atomic E-state index is 14.4. The summed E-state index contributed by atoms with van der Waals surface area (Å²) in [4.78, 5) is 2.48. The first kappa shape index (κ1) is 14.5. The molecule has 1 aromatic rings. The van der Waals surface area contributed by atoms with Crippen LogP contribution in [0.3, 0.4) is 0 Å². The first-order valence-electron chi connectivity index (χ1n) is 7.66. The predicted octanol–water partition coefficient (Wildman–Crippen LogP) is 3.72. The van der Waals surface area contributed by atoms with Gasteiger partial charge < -0.3 is 5.32 Å². The van der Waals surface area contributed by atoms with Crippen LogP contribution in [0.2, 0.25) is 0 Å². The summed E-state index contributed by atoms with van der Waals surface area (Å²) < 4.78 is 15.4. The van der Waals surface area contributed by atoms with Crippen LogP contribution in [0.4, 0.5) is 4.39 Å². The highest BCUT2D eigenvalue weighted by atomic mass is 79.9. The van der Waals surface area contributed by atoms with E-state index in [4.69, 9.17) is 0 Å². The molecule has 0 amide bonds. The van der Waals surface area contributed by atoms with Crippen LogP contribution in [0.15, 0.2) is 22.7 Å². The van der Waals surface area contributed by atoms with Crippen molar-refractivity contribution in [3.63, 3.8) is 0 Å². The quantitative estimate of drug-likeness (QED) is 0.901. The Bertz CT molecular complexity index is 434. The fraction of sp³-hybridized carbons (Fsp3) is 0.625. The molecule has 1 aliphatic carbocycles. The van der Waals surface area contributed by atoms with Gasteiger partial charge in [0.2, 0.25) is 0 Å². The molecule has 2 fully saturated rings. The van der Waals surface area contributed by atoms with Gasteiger partial charge in [0.1, 0.15) is 5.82 Å². The molecule has 0 radical (unpaired) electrons. The van der Waals surface area contributed by atoms with Crippen molar-refractivity contribution in [2.45, 2.75) is 31.7 Å². The van der Waals surface area contributed by atoms with E-state index in [2.05, 4.69) is 26.1 Å². The molecule has 110 valence electrons. The van der Waals surface area contributed by atoms with Crippen LogP contribution in [-0.2, 0) is 0 Å². The predicted molar refractivity (Wildman–Crippen MR) is 83.2 cm³/mol. The van der Waals surface area contributed by atoms with Gasteiger partial charge in [0.25, 0.3) is 0 Å². The van der Waals surface area contributed by atoms with Crippen LogP contribution in [0, 0.1) is 11.7 Å². The van der Waals surface area contributed by atoms with Crippen LogP contribution in [0.1, 0.15) is 37.3 Å². The van der Waals surface area contributed by atoms with Gasteiger partial charge in [-0.1, -0.05) is 34.8 Å². The molecule has 1 N–H and O–H groups in total. The first-order valence-corrected chi connectivity index (χ1v) is 8.45. The van der Waals surface area contributed by atoms with Crippen molar-refractivity contribution >= 4 is 15.9 Å². The van der Waals surface area contributed by atoms with Crippen LogP contribution < -0.4 is 5.32 Å². The summed E-state index contributed by atoms with van der Waals surface area (Å²) >= 11 is 3.58. The van der Waals surface area contributed by atoms with E-state index in [9.17, 15) is 4.39 Å². The molecule has 2 aliphatic rings. The lowest BCUT2D eigenvalue weighted by Gasteiger charge is -2.39. The fourth-order valence-electron chi connectivity index (χ4n) is 3.74. The highest BCUT2D eigenvalue weighted by molar-refractivity contribution is 9.10. The number of nitrogens with one attached hydrogen (secondary N) is 1. The molecule has 0 bridgehead atoms. The molecule has 0 spiro atoms. The Morgan fingerprint density at radius 3 is 2.55 bits per heavy atom. The summed E-state index contributed by atoms with van der Waals surface area (Å²) in [5, 5.41) is 3.39. The Labute approximate surface area is 128 Å². The Balaban J connectivity index is 1.95. The Morgan fingerprint density at radius 1 is 1.20 bits per heavy atom. The van der Waals surface area contributed by atoms with Crippen molar-refractivity contribution in [2.24, 2.45) is 5.92 Å². The normalized spacial score (nSPS) is 23.1. The molecule has 1 saturated heterocycles. The molecule has 1 saturated carbocycles. The van der Waals surface area contributed by atoms with Crippen molar-refractivity contribution in [3.8, 4) is 0 Å². The second-order valence-electron chi connectivity index (χ2n) is 5.91. The van der Waals surface area contributed by atoms with Crippen LogP contribution in [-0.4, -0.2) is 31.1 Å².